The van der Waals surface area contributed by atoms with Gasteiger partial charge in [0.05, 0.1) is 5.75 Å². The van der Waals surface area contributed by atoms with Crippen LogP contribution in [-0.2, 0) is 16.6 Å². The standard InChI is InChI=1S/C14H21FN2O2S/c1-17(10-12-2-4-14(15)5-3-12)20(18,19)11-13-6-8-16-9-7-13/h2-5,13,16H,6-11H2,1H3. The van der Waals surface area contributed by atoms with Crippen LogP contribution in [0.3, 0.4) is 0 Å². The van der Waals surface area contributed by atoms with Gasteiger partial charge in [0.2, 0.25) is 10.0 Å². The molecule has 0 atom stereocenters. The lowest BCUT2D eigenvalue weighted by atomic mass is 10.0. The Labute approximate surface area is 120 Å². The molecule has 0 aliphatic carbocycles. The molecule has 0 aromatic heterocycles. The molecule has 6 heteroatoms. The lowest BCUT2D eigenvalue weighted by Gasteiger charge is -2.25. The molecule has 0 spiro atoms. The van der Waals surface area contributed by atoms with Crippen LogP contribution in [0.15, 0.2) is 24.3 Å². The molecule has 20 heavy (non-hydrogen) atoms. The molecule has 1 aliphatic heterocycles. The van der Waals surface area contributed by atoms with E-state index in [0.717, 1.165) is 31.5 Å². The highest BCUT2D eigenvalue weighted by atomic mass is 32.2. The maximum atomic E-state index is 12.8. The minimum Gasteiger partial charge on any atom is -0.317 e. The van der Waals surface area contributed by atoms with E-state index < -0.39 is 10.0 Å². The van der Waals surface area contributed by atoms with Crippen molar-refractivity contribution in [2.24, 2.45) is 5.92 Å². The highest BCUT2D eigenvalue weighted by Gasteiger charge is 2.24. The number of piperidine rings is 1. The molecular weight excluding hydrogens is 279 g/mol. The van der Waals surface area contributed by atoms with Crippen LogP contribution in [0, 0.1) is 11.7 Å². The summed E-state index contributed by atoms with van der Waals surface area (Å²) in [6.45, 7) is 2.07. The van der Waals surface area contributed by atoms with Gasteiger partial charge in [-0.15, -0.1) is 0 Å². The fourth-order valence-corrected chi connectivity index (χ4v) is 3.95. The largest absolute Gasteiger partial charge is 0.317 e. The molecule has 112 valence electrons. The van der Waals surface area contributed by atoms with Crippen molar-refractivity contribution >= 4 is 10.0 Å². The number of sulfonamides is 1. The first-order valence-electron chi connectivity index (χ1n) is 6.86. The predicted molar refractivity (Wildman–Crippen MR) is 77.2 cm³/mol. The van der Waals surface area contributed by atoms with Gasteiger partial charge < -0.3 is 5.32 Å². The number of nitrogens with one attached hydrogen (secondary N) is 1. The summed E-state index contributed by atoms with van der Waals surface area (Å²) in [4.78, 5) is 0. The Bertz CT molecular complexity index is 525. The van der Waals surface area contributed by atoms with Crippen LogP contribution in [0.2, 0.25) is 0 Å². The van der Waals surface area contributed by atoms with Crippen LogP contribution >= 0.6 is 0 Å². The second-order valence-corrected chi connectivity index (χ2v) is 7.47. The van der Waals surface area contributed by atoms with Crippen LogP contribution in [-0.4, -0.2) is 38.6 Å². The van der Waals surface area contributed by atoms with E-state index in [1.54, 1.807) is 19.2 Å². The molecule has 0 amide bonds. The van der Waals surface area contributed by atoms with Crippen molar-refractivity contribution < 1.29 is 12.8 Å². The van der Waals surface area contributed by atoms with E-state index in [0.29, 0.717) is 0 Å². The third kappa shape index (κ3) is 4.26. The van der Waals surface area contributed by atoms with E-state index >= 15 is 0 Å². The van der Waals surface area contributed by atoms with E-state index in [1.165, 1.54) is 16.4 Å². The Balaban J connectivity index is 1.95. The van der Waals surface area contributed by atoms with Crippen molar-refractivity contribution in [1.29, 1.82) is 0 Å². The van der Waals surface area contributed by atoms with Gasteiger partial charge in [0, 0.05) is 13.6 Å². The zero-order chi connectivity index (χ0) is 14.6. The summed E-state index contributed by atoms with van der Waals surface area (Å²) < 4.78 is 38.8. The monoisotopic (exact) mass is 300 g/mol. The van der Waals surface area contributed by atoms with Crippen LogP contribution < -0.4 is 5.32 Å². The molecular formula is C14H21FN2O2S. The fourth-order valence-electron chi connectivity index (χ4n) is 2.42. The van der Waals surface area contributed by atoms with Gasteiger partial charge in [0.1, 0.15) is 5.82 Å². The van der Waals surface area contributed by atoms with Crippen LogP contribution in [0.5, 0.6) is 0 Å². The summed E-state index contributed by atoms with van der Waals surface area (Å²) in [5, 5.41) is 3.23. The molecule has 1 N–H and O–H groups in total. The Kier molecular flexibility index (Phi) is 5.12. The average molecular weight is 300 g/mol. The van der Waals surface area contributed by atoms with Crippen molar-refractivity contribution in [2.45, 2.75) is 19.4 Å². The van der Waals surface area contributed by atoms with Gasteiger partial charge in [0.15, 0.2) is 0 Å². The molecule has 1 heterocycles. The molecule has 0 radical (unpaired) electrons. The molecule has 2 rings (SSSR count). The van der Waals surface area contributed by atoms with Crippen molar-refractivity contribution in [3.8, 4) is 0 Å². The molecule has 0 unspecified atom stereocenters. The first kappa shape index (κ1) is 15.4. The molecule has 1 aromatic carbocycles. The van der Waals surface area contributed by atoms with Gasteiger partial charge in [-0.2, -0.15) is 0 Å². The van der Waals surface area contributed by atoms with Crippen molar-refractivity contribution in [2.75, 3.05) is 25.9 Å². The minimum atomic E-state index is -3.26. The van der Waals surface area contributed by atoms with Gasteiger partial charge >= 0.3 is 0 Å². The Morgan fingerprint density at radius 1 is 1.25 bits per heavy atom. The number of rotatable bonds is 5. The topological polar surface area (TPSA) is 49.4 Å². The van der Waals surface area contributed by atoms with Crippen LogP contribution in [0.25, 0.3) is 0 Å². The molecule has 1 fully saturated rings. The highest BCUT2D eigenvalue weighted by molar-refractivity contribution is 7.89. The molecule has 1 aliphatic rings. The lowest BCUT2D eigenvalue weighted by molar-refractivity contribution is 0.388. The summed E-state index contributed by atoms with van der Waals surface area (Å²) in [7, 11) is -1.67. The zero-order valence-corrected chi connectivity index (χ0v) is 12.5. The van der Waals surface area contributed by atoms with E-state index in [4.69, 9.17) is 0 Å². The van der Waals surface area contributed by atoms with Crippen molar-refractivity contribution in [3.05, 3.63) is 35.6 Å². The smallest absolute Gasteiger partial charge is 0.214 e. The fraction of sp³-hybridized carbons (Fsp3) is 0.571. The summed E-state index contributed by atoms with van der Waals surface area (Å²) in [6, 6.07) is 5.93. The molecule has 1 aromatic rings. The average Bonchev–Trinajstić information content (AvgIpc) is 2.42. The molecule has 1 saturated heterocycles. The minimum absolute atomic E-state index is 0.201. The van der Waals surface area contributed by atoms with Crippen LogP contribution in [0.4, 0.5) is 4.39 Å². The first-order valence-corrected chi connectivity index (χ1v) is 8.47. The zero-order valence-electron chi connectivity index (χ0n) is 11.7. The van der Waals surface area contributed by atoms with E-state index in [9.17, 15) is 12.8 Å². The third-order valence-electron chi connectivity index (χ3n) is 3.70. The quantitative estimate of drug-likeness (QED) is 0.898. The second-order valence-electron chi connectivity index (χ2n) is 5.35. The maximum absolute atomic E-state index is 12.8. The number of benzene rings is 1. The van der Waals surface area contributed by atoms with Crippen molar-refractivity contribution in [1.82, 2.24) is 9.62 Å². The summed E-state index contributed by atoms with van der Waals surface area (Å²) in [6.07, 6.45) is 1.81. The highest BCUT2D eigenvalue weighted by Crippen LogP contribution is 2.17. The van der Waals surface area contributed by atoms with Crippen LogP contribution in [0.1, 0.15) is 18.4 Å². The molecule has 0 saturated carbocycles. The summed E-state index contributed by atoms with van der Waals surface area (Å²) >= 11 is 0. The second kappa shape index (κ2) is 6.65. The number of hydrogen-bond donors (Lipinski definition) is 1. The summed E-state index contributed by atoms with van der Waals surface area (Å²) in [5.41, 5.74) is 0.794. The Hall–Kier alpha value is -0.980. The predicted octanol–water partition coefficient (Wildman–Crippen LogP) is 1.59. The van der Waals surface area contributed by atoms with Gasteiger partial charge in [-0.1, -0.05) is 12.1 Å². The number of hydrogen-bond acceptors (Lipinski definition) is 3. The Morgan fingerprint density at radius 3 is 2.45 bits per heavy atom. The Morgan fingerprint density at radius 2 is 1.85 bits per heavy atom. The van der Waals surface area contributed by atoms with E-state index in [-0.39, 0.29) is 24.0 Å². The SMILES string of the molecule is CN(Cc1ccc(F)cc1)S(=O)(=O)CC1CCNCC1. The maximum Gasteiger partial charge on any atom is 0.214 e. The first-order chi connectivity index (χ1) is 9.47. The summed E-state index contributed by atoms with van der Waals surface area (Å²) in [5.74, 6) is 0.123. The van der Waals surface area contributed by atoms with Gasteiger partial charge in [-0.05, 0) is 49.5 Å². The lowest BCUT2D eigenvalue weighted by Crippen LogP contribution is -2.36. The molecule has 0 bridgehead atoms. The molecule has 4 nitrogen and oxygen atoms in total. The van der Waals surface area contributed by atoms with Gasteiger partial charge in [-0.25, -0.2) is 17.1 Å². The normalized spacial score (nSPS) is 17.6. The van der Waals surface area contributed by atoms with Crippen molar-refractivity contribution in [3.63, 3.8) is 0 Å². The van der Waals surface area contributed by atoms with E-state index in [2.05, 4.69) is 5.32 Å². The van der Waals surface area contributed by atoms with Gasteiger partial charge in [-0.3, -0.25) is 0 Å². The third-order valence-corrected chi connectivity index (χ3v) is 5.67. The van der Waals surface area contributed by atoms with Gasteiger partial charge in [0.25, 0.3) is 0 Å². The number of nitrogens with zero attached hydrogens (tertiary/aromatic N) is 1. The number of halogens is 1. The van der Waals surface area contributed by atoms with E-state index in [1.807, 2.05) is 0 Å².